The van der Waals surface area contributed by atoms with Crippen LogP contribution in [0.1, 0.15) is 18.6 Å². The Hall–Kier alpha value is -3.11. The third-order valence-corrected chi connectivity index (χ3v) is 7.58. The SMILES string of the molecule is C[C@@H](Oc1ccc2[nH]nc(-c3cnc4c(c3)N(CCN3CCOCC3)CCO4)c2c1)c1c(Cl)cncc1Cl. The van der Waals surface area contributed by atoms with Gasteiger partial charge in [0.15, 0.2) is 0 Å². The molecule has 2 aliphatic heterocycles. The topological polar surface area (TPSA) is 88.6 Å². The first-order valence-corrected chi connectivity index (χ1v) is 13.4. The third-order valence-electron chi connectivity index (χ3n) is 6.98. The summed E-state index contributed by atoms with van der Waals surface area (Å²) in [6.45, 7) is 8.76. The van der Waals surface area contributed by atoms with Crippen molar-refractivity contribution in [3.63, 3.8) is 0 Å². The van der Waals surface area contributed by atoms with Crippen molar-refractivity contribution in [3.8, 4) is 22.9 Å². The van der Waals surface area contributed by atoms with Crippen LogP contribution in [-0.2, 0) is 4.74 Å². The fraction of sp³-hybridized carbons (Fsp3) is 0.370. The monoisotopic (exact) mass is 554 g/mol. The van der Waals surface area contributed by atoms with Crippen molar-refractivity contribution in [2.75, 3.05) is 57.4 Å². The van der Waals surface area contributed by atoms with Gasteiger partial charge in [0.25, 0.3) is 0 Å². The highest BCUT2D eigenvalue weighted by atomic mass is 35.5. The molecule has 2 aliphatic rings. The highest BCUT2D eigenvalue weighted by Gasteiger charge is 2.23. The quantitative estimate of drug-likeness (QED) is 0.341. The Morgan fingerprint density at radius 1 is 1.03 bits per heavy atom. The largest absolute Gasteiger partial charge is 0.486 e. The number of halogens is 2. The summed E-state index contributed by atoms with van der Waals surface area (Å²) in [7, 11) is 0. The number of aromatic amines is 1. The fourth-order valence-electron chi connectivity index (χ4n) is 4.96. The van der Waals surface area contributed by atoms with E-state index in [-0.39, 0.29) is 6.10 Å². The number of nitrogens with zero attached hydrogens (tertiary/aromatic N) is 5. The van der Waals surface area contributed by atoms with Crippen LogP contribution >= 0.6 is 23.2 Å². The van der Waals surface area contributed by atoms with E-state index in [2.05, 4.69) is 36.0 Å². The zero-order valence-electron chi connectivity index (χ0n) is 21.0. The smallest absolute Gasteiger partial charge is 0.237 e. The number of rotatable bonds is 7. The van der Waals surface area contributed by atoms with Crippen molar-refractivity contribution in [3.05, 3.63) is 58.5 Å². The molecule has 0 bridgehead atoms. The number of H-pyrrole nitrogens is 1. The molecule has 0 amide bonds. The van der Waals surface area contributed by atoms with Gasteiger partial charge in [0.2, 0.25) is 5.88 Å². The molecule has 0 aliphatic carbocycles. The Morgan fingerprint density at radius 3 is 2.66 bits per heavy atom. The van der Waals surface area contributed by atoms with E-state index in [1.54, 1.807) is 12.4 Å². The standard InChI is InChI=1S/C27H28Cl2N6O3/c1-17(25-21(28)15-30-16-22(25)29)38-19-2-3-23-20(13-19)26(33-32-23)18-12-24-27(31-14-18)37-11-8-35(24)5-4-34-6-9-36-10-7-34/h2-3,12-17H,4-11H2,1H3,(H,32,33)/t17-/m1/s1. The van der Waals surface area contributed by atoms with E-state index in [1.807, 2.05) is 31.3 Å². The van der Waals surface area contributed by atoms with Crippen LogP contribution in [0.25, 0.3) is 22.2 Å². The molecule has 0 spiro atoms. The van der Waals surface area contributed by atoms with Crippen LogP contribution in [-0.4, -0.2) is 77.6 Å². The first kappa shape index (κ1) is 25.2. The first-order valence-electron chi connectivity index (χ1n) is 12.7. The normalized spacial score (nSPS) is 16.8. The molecule has 0 saturated carbocycles. The molecule has 1 atom stereocenters. The van der Waals surface area contributed by atoms with Gasteiger partial charge in [0.1, 0.15) is 29.8 Å². The molecule has 4 aromatic rings. The van der Waals surface area contributed by atoms with E-state index in [4.69, 9.17) is 37.4 Å². The second-order valence-corrected chi connectivity index (χ2v) is 10.2. The van der Waals surface area contributed by atoms with Gasteiger partial charge in [-0.25, -0.2) is 4.98 Å². The molecule has 3 aromatic heterocycles. The Morgan fingerprint density at radius 2 is 1.84 bits per heavy atom. The van der Waals surface area contributed by atoms with Gasteiger partial charge in [-0.3, -0.25) is 15.0 Å². The zero-order chi connectivity index (χ0) is 26.1. The molecule has 0 radical (unpaired) electrons. The number of hydrogen-bond acceptors (Lipinski definition) is 8. The summed E-state index contributed by atoms with van der Waals surface area (Å²) in [4.78, 5) is 13.4. The summed E-state index contributed by atoms with van der Waals surface area (Å²) in [5, 5.41) is 9.61. The van der Waals surface area contributed by atoms with Crippen LogP contribution in [0, 0.1) is 0 Å². The number of fused-ring (bicyclic) bond motifs is 2. The van der Waals surface area contributed by atoms with Gasteiger partial charge in [0.05, 0.1) is 35.3 Å². The molecule has 198 valence electrons. The molecular formula is C27H28Cl2N6O3. The molecule has 6 rings (SSSR count). The fourth-order valence-corrected chi connectivity index (χ4v) is 5.63. The molecule has 5 heterocycles. The Kier molecular flexibility index (Phi) is 7.25. The summed E-state index contributed by atoms with van der Waals surface area (Å²) in [5.74, 6) is 1.34. The van der Waals surface area contributed by atoms with Crippen molar-refractivity contribution in [1.29, 1.82) is 0 Å². The van der Waals surface area contributed by atoms with Crippen LogP contribution in [0.5, 0.6) is 11.6 Å². The van der Waals surface area contributed by atoms with E-state index in [9.17, 15) is 0 Å². The van der Waals surface area contributed by atoms with Gasteiger partial charge in [-0.1, -0.05) is 23.2 Å². The number of pyridine rings is 2. The van der Waals surface area contributed by atoms with Gasteiger partial charge in [-0.15, -0.1) is 0 Å². The van der Waals surface area contributed by atoms with E-state index < -0.39 is 0 Å². The van der Waals surface area contributed by atoms with Gasteiger partial charge < -0.3 is 19.1 Å². The van der Waals surface area contributed by atoms with Crippen LogP contribution in [0.4, 0.5) is 5.69 Å². The summed E-state index contributed by atoms with van der Waals surface area (Å²) in [6, 6.07) is 7.94. The second-order valence-electron chi connectivity index (χ2n) is 9.39. The molecule has 1 saturated heterocycles. The Labute approximate surface area is 230 Å². The van der Waals surface area contributed by atoms with Gasteiger partial charge in [-0.2, -0.15) is 5.10 Å². The summed E-state index contributed by atoms with van der Waals surface area (Å²) >= 11 is 12.7. The van der Waals surface area contributed by atoms with Crippen LogP contribution in [0.2, 0.25) is 10.0 Å². The molecule has 1 N–H and O–H groups in total. The van der Waals surface area contributed by atoms with Gasteiger partial charge >= 0.3 is 0 Å². The molecule has 1 aromatic carbocycles. The third kappa shape index (κ3) is 5.11. The zero-order valence-corrected chi connectivity index (χ0v) is 22.5. The maximum Gasteiger partial charge on any atom is 0.237 e. The van der Waals surface area contributed by atoms with E-state index in [0.29, 0.717) is 33.8 Å². The van der Waals surface area contributed by atoms with Gasteiger partial charge in [0, 0.05) is 61.3 Å². The van der Waals surface area contributed by atoms with E-state index in [0.717, 1.165) is 73.8 Å². The first-order chi connectivity index (χ1) is 18.6. The minimum absolute atomic E-state index is 0.367. The Balaban J connectivity index is 1.26. The Bertz CT molecular complexity index is 1420. The molecule has 11 heteroatoms. The molecular weight excluding hydrogens is 527 g/mol. The number of ether oxygens (including phenoxy) is 3. The van der Waals surface area contributed by atoms with Crippen LogP contribution in [0.3, 0.4) is 0 Å². The van der Waals surface area contributed by atoms with Crippen LogP contribution in [0.15, 0.2) is 42.9 Å². The van der Waals surface area contributed by atoms with Crippen LogP contribution < -0.4 is 14.4 Å². The summed E-state index contributed by atoms with van der Waals surface area (Å²) < 4.78 is 17.6. The molecule has 9 nitrogen and oxygen atoms in total. The lowest BCUT2D eigenvalue weighted by molar-refractivity contribution is 0.0390. The number of anilines is 1. The van der Waals surface area contributed by atoms with E-state index in [1.165, 1.54) is 0 Å². The molecule has 0 unspecified atom stereocenters. The maximum atomic E-state index is 6.34. The number of benzene rings is 1. The highest BCUT2D eigenvalue weighted by molar-refractivity contribution is 6.35. The van der Waals surface area contributed by atoms with Gasteiger partial charge in [-0.05, 0) is 31.2 Å². The lowest BCUT2D eigenvalue weighted by Gasteiger charge is -2.34. The van der Waals surface area contributed by atoms with E-state index >= 15 is 0 Å². The summed E-state index contributed by atoms with van der Waals surface area (Å²) in [6.07, 6.45) is 4.58. The minimum Gasteiger partial charge on any atom is -0.486 e. The molecule has 1 fully saturated rings. The number of aromatic nitrogens is 4. The number of morpholine rings is 1. The van der Waals surface area contributed by atoms with Crippen molar-refractivity contribution >= 4 is 39.8 Å². The second kappa shape index (κ2) is 10.9. The highest BCUT2D eigenvalue weighted by Crippen LogP contribution is 2.37. The number of nitrogens with one attached hydrogen (secondary N) is 1. The predicted octanol–water partition coefficient (Wildman–Crippen LogP) is 5.00. The average Bonchev–Trinajstić information content (AvgIpc) is 3.35. The van der Waals surface area contributed by atoms with Crippen molar-refractivity contribution in [2.24, 2.45) is 0 Å². The maximum absolute atomic E-state index is 6.34. The van der Waals surface area contributed by atoms with Crippen molar-refractivity contribution in [1.82, 2.24) is 25.1 Å². The lowest BCUT2D eigenvalue weighted by Crippen LogP contribution is -2.43. The lowest BCUT2D eigenvalue weighted by atomic mass is 10.1. The minimum atomic E-state index is -0.367. The van der Waals surface area contributed by atoms with Crippen molar-refractivity contribution < 1.29 is 14.2 Å². The average molecular weight is 555 g/mol. The number of hydrogen-bond donors (Lipinski definition) is 1. The molecule has 38 heavy (non-hydrogen) atoms. The summed E-state index contributed by atoms with van der Waals surface area (Å²) in [5.41, 5.74) is 4.29. The predicted molar refractivity (Wildman–Crippen MR) is 148 cm³/mol. The van der Waals surface area contributed by atoms with Crippen molar-refractivity contribution in [2.45, 2.75) is 13.0 Å².